The zero-order valence-electron chi connectivity index (χ0n) is 31.3. The standard InChI is InChI=1S/C40H73NO9/c1-3-5-7-9-11-13-15-16-17-19-21-23-25-27-29-34(44)39(48)41-32(31-49-40-38(47)37(46)36(45)35(30-42)50-40)33(43)28-26-24-22-20-18-14-12-10-8-6-4-2/h18,20,26-29,32-38,40,42-47H,3-17,19,21-25,30-31H2,1-2H3,(H,41,48)/b20-18?,28-26+,29-27+/t32-,33+,34+,35+,36+,37-,38+,40+/m0/s1. The molecule has 50 heavy (non-hydrogen) atoms. The van der Waals surface area contributed by atoms with Crippen molar-refractivity contribution in [2.75, 3.05) is 13.2 Å². The van der Waals surface area contributed by atoms with E-state index in [1.54, 1.807) is 12.2 Å². The number of carbonyl (C=O) groups is 1. The van der Waals surface area contributed by atoms with E-state index < -0.39 is 61.5 Å². The molecule has 0 aromatic rings. The van der Waals surface area contributed by atoms with Crippen molar-refractivity contribution in [3.05, 3.63) is 36.5 Å². The third-order valence-corrected chi connectivity index (χ3v) is 9.31. The highest BCUT2D eigenvalue weighted by Gasteiger charge is 2.44. The Labute approximate surface area is 303 Å². The Morgan fingerprint density at radius 2 is 1.14 bits per heavy atom. The van der Waals surface area contributed by atoms with Crippen LogP contribution in [0, 0.1) is 0 Å². The van der Waals surface area contributed by atoms with Gasteiger partial charge in [-0.3, -0.25) is 4.79 Å². The quantitative estimate of drug-likeness (QED) is 0.0342. The van der Waals surface area contributed by atoms with Crippen LogP contribution in [0.1, 0.15) is 149 Å². The van der Waals surface area contributed by atoms with E-state index in [9.17, 15) is 35.4 Å². The molecule has 0 aromatic carbocycles. The van der Waals surface area contributed by atoms with Crippen molar-refractivity contribution in [2.24, 2.45) is 0 Å². The van der Waals surface area contributed by atoms with Crippen LogP contribution in [0.3, 0.4) is 0 Å². The van der Waals surface area contributed by atoms with Gasteiger partial charge in [-0.05, 0) is 38.5 Å². The molecule has 0 spiro atoms. The van der Waals surface area contributed by atoms with Gasteiger partial charge in [-0.2, -0.15) is 0 Å². The molecule has 1 fully saturated rings. The van der Waals surface area contributed by atoms with Crippen LogP contribution in [0.4, 0.5) is 0 Å². The van der Waals surface area contributed by atoms with Crippen LogP contribution in [0.2, 0.25) is 0 Å². The van der Waals surface area contributed by atoms with Gasteiger partial charge in [0.1, 0.15) is 24.4 Å². The van der Waals surface area contributed by atoms with Crippen LogP contribution >= 0.6 is 0 Å². The smallest absolute Gasteiger partial charge is 0.253 e. The number of hydrogen-bond acceptors (Lipinski definition) is 9. The van der Waals surface area contributed by atoms with Gasteiger partial charge in [0.25, 0.3) is 5.91 Å². The Morgan fingerprint density at radius 3 is 1.70 bits per heavy atom. The summed E-state index contributed by atoms with van der Waals surface area (Å²) in [5.41, 5.74) is 0. The Bertz CT molecular complexity index is 896. The van der Waals surface area contributed by atoms with Gasteiger partial charge in [-0.25, -0.2) is 0 Å². The van der Waals surface area contributed by atoms with Crippen molar-refractivity contribution in [1.29, 1.82) is 0 Å². The second-order valence-electron chi connectivity index (χ2n) is 13.9. The molecule has 1 aliphatic heterocycles. The molecule has 8 atom stereocenters. The van der Waals surface area contributed by atoms with Crippen molar-refractivity contribution in [1.82, 2.24) is 5.32 Å². The zero-order valence-corrected chi connectivity index (χ0v) is 31.3. The molecule has 7 N–H and O–H groups in total. The van der Waals surface area contributed by atoms with E-state index in [-0.39, 0.29) is 6.61 Å². The topological polar surface area (TPSA) is 169 Å². The van der Waals surface area contributed by atoms with Crippen LogP contribution in [0.25, 0.3) is 0 Å². The van der Waals surface area contributed by atoms with Gasteiger partial charge in [0, 0.05) is 0 Å². The van der Waals surface area contributed by atoms with E-state index in [4.69, 9.17) is 9.47 Å². The molecule has 0 aliphatic carbocycles. The SMILES string of the molecule is CCCCCCCC=CCC/C=C/[C@@H](O)[C@H](CO[C@@H]1O[C@H](CO)[C@@H](O)[C@H](O)[C@H]1O)NC(=O)[C@H](O)/C=C/CCCCCCCCCCCCCC. The number of ether oxygens (including phenoxy) is 2. The molecule has 1 amide bonds. The fourth-order valence-corrected chi connectivity index (χ4v) is 5.98. The van der Waals surface area contributed by atoms with Gasteiger partial charge in [-0.15, -0.1) is 0 Å². The number of carbonyl (C=O) groups excluding carboxylic acids is 1. The first kappa shape index (κ1) is 46.4. The van der Waals surface area contributed by atoms with E-state index in [2.05, 4.69) is 31.3 Å². The maximum atomic E-state index is 12.9. The molecule has 10 heteroatoms. The average molecular weight is 712 g/mol. The molecule has 1 rings (SSSR count). The molecule has 0 bridgehead atoms. The normalized spacial score (nSPS) is 23.2. The number of aliphatic hydroxyl groups excluding tert-OH is 6. The van der Waals surface area contributed by atoms with Crippen LogP contribution in [-0.4, -0.2) is 98.7 Å². The Balaban J connectivity index is 2.56. The van der Waals surface area contributed by atoms with Crippen LogP contribution < -0.4 is 5.32 Å². The van der Waals surface area contributed by atoms with E-state index in [1.807, 2.05) is 6.08 Å². The lowest BCUT2D eigenvalue weighted by Gasteiger charge is -2.40. The largest absolute Gasteiger partial charge is 0.394 e. The van der Waals surface area contributed by atoms with Crippen LogP contribution in [-0.2, 0) is 14.3 Å². The number of unbranched alkanes of at least 4 members (excludes halogenated alkanes) is 18. The summed E-state index contributed by atoms with van der Waals surface area (Å²) >= 11 is 0. The number of nitrogens with one attached hydrogen (secondary N) is 1. The molecular formula is C40H73NO9. The summed E-state index contributed by atoms with van der Waals surface area (Å²) in [6, 6.07) is -1.02. The summed E-state index contributed by atoms with van der Waals surface area (Å²) in [5, 5.41) is 64.1. The summed E-state index contributed by atoms with van der Waals surface area (Å²) in [7, 11) is 0. The van der Waals surface area contributed by atoms with Crippen LogP contribution in [0.5, 0.6) is 0 Å². The summed E-state index contributed by atoms with van der Waals surface area (Å²) in [4.78, 5) is 12.9. The number of hydrogen-bond donors (Lipinski definition) is 7. The van der Waals surface area contributed by atoms with Gasteiger partial charge in [0.2, 0.25) is 0 Å². The van der Waals surface area contributed by atoms with Crippen molar-refractivity contribution in [3.8, 4) is 0 Å². The Morgan fingerprint density at radius 1 is 0.660 bits per heavy atom. The predicted octanol–water partition coefficient (Wildman–Crippen LogP) is 5.91. The van der Waals surface area contributed by atoms with Crippen molar-refractivity contribution in [2.45, 2.75) is 198 Å². The molecule has 0 radical (unpaired) electrons. The van der Waals surface area contributed by atoms with Crippen molar-refractivity contribution in [3.63, 3.8) is 0 Å². The Hall–Kier alpha value is -1.63. The zero-order chi connectivity index (χ0) is 36.8. The highest BCUT2D eigenvalue weighted by atomic mass is 16.7. The minimum atomic E-state index is -1.62. The van der Waals surface area contributed by atoms with Gasteiger partial charge in [0.05, 0.1) is 25.4 Å². The lowest BCUT2D eigenvalue weighted by atomic mass is 9.99. The number of amides is 1. The first-order valence-corrected chi connectivity index (χ1v) is 19.8. The minimum Gasteiger partial charge on any atom is -0.394 e. The number of rotatable bonds is 31. The predicted molar refractivity (Wildman–Crippen MR) is 199 cm³/mol. The summed E-state index contributed by atoms with van der Waals surface area (Å²) in [5.74, 6) is -0.715. The van der Waals surface area contributed by atoms with Crippen molar-refractivity contribution < 1.29 is 44.9 Å². The molecule has 1 saturated heterocycles. The molecule has 1 heterocycles. The van der Waals surface area contributed by atoms with E-state index in [1.165, 1.54) is 102 Å². The first-order valence-electron chi connectivity index (χ1n) is 19.8. The van der Waals surface area contributed by atoms with E-state index in [0.717, 1.165) is 32.1 Å². The highest BCUT2D eigenvalue weighted by Crippen LogP contribution is 2.22. The maximum Gasteiger partial charge on any atom is 0.253 e. The van der Waals surface area contributed by atoms with Gasteiger partial charge in [-0.1, -0.05) is 147 Å². The molecule has 1 aliphatic rings. The maximum absolute atomic E-state index is 12.9. The molecule has 0 unspecified atom stereocenters. The average Bonchev–Trinajstić information content (AvgIpc) is 3.11. The minimum absolute atomic E-state index is 0.340. The second kappa shape index (κ2) is 30.9. The molecule has 292 valence electrons. The molecule has 0 saturated carbocycles. The third kappa shape index (κ3) is 21.7. The fourth-order valence-electron chi connectivity index (χ4n) is 5.98. The first-order chi connectivity index (χ1) is 24.3. The van der Waals surface area contributed by atoms with Gasteiger partial charge >= 0.3 is 0 Å². The van der Waals surface area contributed by atoms with Gasteiger partial charge < -0.3 is 45.4 Å². The van der Waals surface area contributed by atoms with Crippen molar-refractivity contribution >= 4 is 5.91 Å². The Kier molecular flexibility index (Phi) is 28.7. The van der Waals surface area contributed by atoms with E-state index in [0.29, 0.717) is 6.42 Å². The van der Waals surface area contributed by atoms with Crippen LogP contribution in [0.15, 0.2) is 36.5 Å². The monoisotopic (exact) mass is 712 g/mol. The highest BCUT2D eigenvalue weighted by molar-refractivity contribution is 5.82. The van der Waals surface area contributed by atoms with E-state index >= 15 is 0 Å². The molecule has 0 aromatic heterocycles. The number of aliphatic hydroxyl groups is 6. The lowest BCUT2D eigenvalue weighted by Crippen LogP contribution is -2.60. The fraction of sp³-hybridized carbons (Fsp3) is 0.825. The molecule has 10 nitrogen and oxygen atoms in total. The molecular weight excluding hydrogens is 638 g/mol. The third-order valence-electron chi connectivity index (χ3n) is 9.31. The summed E-state index contributed by atoms with van der Waals surface area (Å²) < 4.78 is 11.0. The second-order valence-corrected chi connectivity index (χ2v) is 13.9. The van der Waals surface area contributed by atoms with Gasteiger partial charge in [0.15, 0.2) is 12.4 Å². The summed E-state index contributed by atoms with van der Waals surface area (Å²) in [6.07, 6.45) is 25.6. The summed E-state index contributed by atoms with van der Waals surface area (Å²) in [6.45, 7) is 3.50. The lowest BCUT2D eigenvalue weighted by molar-refractivity contribution is -0.302. The number of allylic oxidation sites excluding steroid dienone is 4.